The first-order chi connectivity index (χ1) is 21.1. The second kappa shape index (κ2) is 14.8. The maximum Gasteiger partial charge on any atom is 0.313 e. The van der Waals surface area contributed by atoms with Crippen LogP contribution >= 0.6 is 15.9 Å². The van der Waals surface area contributed by atoms with Crippen LogP contribution in [0.3, 0.4) is 0 Å². The number of hydrogen-bond donors (Lipinski definition) is 2. The summed E-state index contributed by atoms with van der Waals surface area (Å²) in [6.45, 7) is 11.8. The standard InChI is InChI=1S/C33H44BrN3O7/c1-5-7-15-25(39)35-20-24(22-13-9-8-10-14-22)43-32(42)26-27-30(40)37(17-11-12-18-38)29(31(41)36(16-6-2)21(3)4)33(27)19-23(34)28(26)44-33/h5-6,8-10,13-14,21,23-24,26-29,38H,1-2,7,11-12,15-20H2,3-4H3,(H,35,39)/t23?,24-,26-,27+,28-,29-,33+/m1/s1. The Balaban J connectivity index is 1.65. The van der Waals surface area contributed by atoms with Crippen LogP contribution in [0.5, 0.6) is 0 Å². The molecule has 3 heterocycles. The minimum Gasteiger partial charge on any atom is -0.455 e. The molecule has 1 aromatic carbocycles. The molecule has 1 unspecified atom stereocenters. The number of ether oxygens (including phenoxy) is 2. The first-order valence-corrected chi connectivity index (χ1v) is 16.3. The molecule has 44 heavy (non-hydrogen) atoms. The first-order valence-electron chi connectivity index (χ1n) is 15.4. The van der Waals surface area contributed by atoms with Gasteiger partial charge in [0.2, 0.25) is 17.7 Å². The Kier molecular flexibility index (Phi) is 11.4. The number of unbranched alkanes of at least 4 members (excludes halogenated alkanes) is 1. The molecule has 3 aliphatic rings. The van der Waals surface area contributed by atoms with Crippen molar-refractivity contribution >= 4 is 39.6 Å². The highest BCUT2D eigenvalue weighted by molar-refractivity contribution is 9.09. The average Bonchev–Trinajstić information content (AvgIpc) is 3.60. The van der Waals surface area contributed by atoms with E-state index in [4.69, 9.17) is 9.47 Å². The number of alkyl halides is 1. The topological polar surface area (TPSA) is 125 Å². The van der Waals surface area contributed by atoms with Crippen LogP contribution in [0, 0.1) is 11.8 Å². The lowest BCUT2D eigenvalue weighted by Crippen LogP contribution is -2.58. The highest BCUT2D eigenvalue weighted by atomic mass is 79.9. The van der Waals surface area contributed by atoms with Gasteiger partial charge >= 0.3 is 5.97 Å². The number of nitrogens with zero attached hydrogens (tertiary/aromatic N) is 2. The monoisotopic (exact) mass is 673 g/mol. The number of carbonyl (C=O) groups is 4. The summed E-state index contributed by atoms with van der Waals surface area (Å²) in [7, 11) is 0. The predicted octanol–water partition coefficient (Wildman–Crippen LogP) is 3.30. The summed E-state index contributed by atoms with van der Waals surface area (Å²) in [5, 5.41) is 12.3. The van der Waals surface area contributed by atoms with Crippen molar-refractivity contribution in [2.75, 3.05) is 26.2 Å². The van der Waals surface area contributed by atoms with Gasteiger partial charge in [0.15, 0.2) is 0 Å². The molecular weight excluding hydrogens is 630 g/mol. The van der Waals surface area contributed by atoms with Crippen molar-refractivity contribution in [2.45, 2.75) is 80.7 Å². The Morgan fingerprint density at radius 2 is 1.95 bits per heavy atom. The molecule has 0 radical (unpaired) electrons. The van der Waals surface area contributed by atoms with E-state index >= 15 is 0 Å². The van der Waals surface area contributed by atoms with Crippen LogP contribution in [-0.4, -0.2) is 93.5 Å². The van der Waals surface area contributed by atoms with Gasteiger partial charge in [0.05, 0.1) is 24.5 Å². The van der Waals surface area contributed by atoms with E-state index in [0.717, 1.165) is 0 Å². The number of fused-ring (bicyclic) bond motifs is 1. The van der Waals surface area contributed by atoms with Gasteiger partial charge in [0.1, 0.15) is 17.7 Å². The zero-order valence-electron chi connectivity index (χ0n) is 25.5. The van der Waals surface area contributed by atoms with E-state index < -0.39 is 41.7 Å². The van der Waals surface area contributed by atoms with Crippen molar-refractivity contribution in [2.24, 2.45) is 11.8 Å². The number of benzene rings is 1. The van der Waals surface area contributed by atoms with Crippen LogP contribution in [0.25, 0.3) is 0 Å². The molecular formula is C33H44BrN3O7. The summed E-state index contributed by atoms with van der Waals surface area (Å²) in [5.74, 6) is -3.23. The van der Waals surface area contributed by atoms with Crippen molar-refractivity contribution in [3.63, 3.8) is 0 Å². The van der Waals surface area contributed by atoms with E-state index in [2.05, 4.69) is 34.4 Å². The zero-order chi connectivity index (χ0) is 32.0. The van der Waals surface area contributed by atoms with Crippen molar-refractivity contribution < 1.29 is 33.8 Å². The second-order valence-corrected chi connectivity index (χ2v) is 13.1. The molecule has 4 rings (SSSR count). The lowest BCUT2D eigenvalue weighted by Gasteiger charge is -2.38. The van der Waals surface area contributed by atoms with Crippen LogP contribution in [-0.2, 0) is 28.7 Å². The van der Waals surface area contributed by atoms with Gasteiger partial charge in [-0.25, -0.2) is 0 Å². The third kappa shape index (κ3) is 6.65. The fourth-order valence-electron chi connectivity index (χ4n) is 6.81. The van der Waals surface area contributed by atoms with Crippen molar-refractivity contribution in [3.05, 3.63) is 61.2 Å². The van der Waals surface area contributed by atoms with E-state index in [1.807, 2.05) is 44.2 Å². The number of allylic oxidation sites excluding steroid dienone is 1. The van der Waals surface area contributed by atoms with E-state index in [1.165, 1.54) is 0 Å². The summed E-state index contributed by atoms with van der Waals surface area (Å²) >= 11 is 3.70. The van der Waals surface area contributed by atoms with E-state index in [1.54, 1.807) is 22.0 Å². The smallest absolute Gasteiger partial charge is 0.313 e. The summed E-state index contributed by atoms with van der Waals surface area (Å²) < 4.78 is 12.7. The molecule has 0 saturated carbocycles. The maximum atomic E-state index is 14.2. The molecule has 1 aromatic rings. The van der Waals surface area contributed by atoms with Gasteiger partial charge in [0, 0.05) is 37.0 Å². The molecule has 3 aliphatic heterocycles. The van der Waals surface area contributed by atoms with Crippen LogP contribution in [0.15, 0.2) is 55.6 Å². The van der Waals surface area contributed by atoms with E-state index in [-0.39, 0.29) is 54.7 Å². The number of rotatable bonds is 16. The third-order valence-corrected chi connectivity index (χ3v) is 9.67. The molecule has 3 saturated heterocycles. The fraction of sp³-hybridized carbons (Fsp3) is 0.576. The van der Waals surface area contributed by atoms with Gasteiger partial charge < -0.3 is 29.7 Å². The Morgan fingerprint density at radius 3 is 2.59 bits per heavy atom. The van der Waals surface area contributed by atoms with Gasteiger partial charge in [-0.05, 0) is 45.1 Å². The van der Waals surface area contributed by atoms with Crippen molar-refractivity contribution in [1.82, 2.24) is 15.1 Å². The van der Waals surface area contributed by atoms with E-state index in [0.29, 0.717) is 37.8 Å². The Bertz CT molecular complexity index is 1230. The first kappa shape index (κ1) is 33.9. The second-order valence-electron chi connectivity index (χ2n) is 12.0. The molecule has 7 atom stereocenters. The Morgan fingerprint density at radius 1 is 1.23 bits per heavy atom. The third-order valence-electron chi connectivity index (χ3n) is 8.82. The maximum absolute atomic E-state index is 14.2. The van der Waals surface area contributed by atoms with Gasteiger partial charge in [-0.3, -0.25) is 19.2 Å². The predicted molar refractivity (Wildman–Crippen MR) is 168 cm³/mol. The largest absolute Gasteiger partial charge is 0.455 e. The zero-order valence-corrected chi connectivity index (χ0v) is 27.1. The fourth-order valence-corrected chi connectivity index (χ4v) is 7.75. The molecule has 0 aliphatic carbocycles. The van der Waals surface area contributed by atoms with Gasteiger partial charge in [-0.15, -0.1) is 13.2 Å². The SMILES string of the molecule is C=CCCC(=O)NC[C@@H](OC(=O)[C@H]1[C@@H]2O[C@@]3(CC2Br)[C@@H]1C(=O)N(CCCCO)[C@@H]3C(=O)N(CC=C)C(C)C)c1ccccc1. The molecule has 0 aromatic heterocycles. The molecule has 3 amide bonds. The molecule has 1 spiro atoms. The summed E-state index contributed by atoms with van der Waals surface area (Å²) in [6.07, 6.45) is 3.99. The molecule has 11 heteroatoms. The van der Waals surface area contributed by atoms with Crippen LogP contribution in [0.4, 0.5) is 0 Å². The van der Waals surface area contributed by atoms with Crippen LogP contribution in [0.1, 0.15) is 57.6 Å². The number of hydrogen-bond acceptors (Lipinski definition) is 7. The highest BCUT2D eigenvalue weighted by Gasteiger charge is 2.77. The number of carbonyl (C=O) groups excluding carboxylic acids is 4. The summed E-state index contributed by atoms with van der Waals surface area (Å²) in [6, 6.07) is 8.04. The number of aliphatic hydroxyl groups is 1. The number of amides is 3. The minimum atomic E-state index is -1.22. The van der Waals surface area contributed by atoms with E-state index in [9.17, 15) is 24.3 Å². The quantitative estimate of drug-likeness (QED) is 0.119. The molecule has 2 bridgehead atoms. The number of likely N-dealkylation sites (tertiary alicyclic amines) is 1. The normalized spacial score (nSPS) is 27.6. The Labute approximate surface area is 267 Å². The molecule has 2 N–H and O–H groups in total. The molecule has 240 valence electrons. The number of esters is 1. The van der Waals surface area contributed by atoms with Crippen molar-refractivity contribution in [3.8, 4) is 0 Å². The molecule has 10 nitrogen and oxygen atoms in total. The Hall–Kier alpha value is -3.02. The number of aliphatic hydroxyl groups excluding tert-OH is 1. The number of halogens is 1. The summed E-state index contributed by atoms with van der Waals surface area (Å²) in [5.41, 5.74) is -0.516. The van der Waals surface area contributed by atoms with Gasteiger partial charge in [0.25, 0.3) is 0 Å². The number of nitrogens with one attached hydrogen (secondary N) is 1. The minimum absolute atomic E-state index is 0.0359. The lowest BCUT2D eigenvalue weighted by atomic mass is 9.70. The van der Waals surface area contributed by atoms with Gasteiger partial charge in [-0.1, -0.05) is 58.4 Å². The lowest BCUT2D eigenvalue weighted by molar-refractivity contribution is -0.160. The molecule has 3 fully saturated rings. The highest BCUT2D eigenvalue weighted by Crippen LogP contribution is 2.60. The van der Waals surface area contributed by atoms with Gasteiger partial charge in [-0.2, -0.15) is 0 Å². The summed E-state index contributed by atoms with van der Waals surface area (Å²) in [4.78, 5) is 57.9. The van der Waals surface area contributed by atoms with Crippen LogP contribution in [0.2, 0.25) is 0 Å². The van der Waals surface area contributed by atoms with Crippen LogP contribution < -0.4 is 5.32 Å². The average molecular weight is 675 g/mol. The van der Waals surface area contributed by atoms with Crippen molar-refractivity contribution in [1.29, 1.82) is 0 Å².